The highest BCUT2D eigenvalue weighted by Gasteiger charge is 2.13. The minimum atomic E-state index is -0.466. The molecule has 5 nitrogen and oxygen atoms in total. The van der Waals surface area contributed by atoms with Gasteiger partial charge in [0.25, 0.3) is 5.56 Å². The highest BCUT2D eigenvalue weighted by atomic mass is 35.5. The lowest BCUT2D eigenvalue weighted by atomic mass is 10.1. The maximum atomic E-state index is 11.3. The van der Waals surface area contributed by atoms with Crippen molar-refractivity contribution in [2.75, 3.05) is 11.9 Å². The van der Waals surface area contributed by atoms with Crippen LogP contribution in [0.25, 0.3) is 0 Å². The van der Waals surface area contributed by atoms with Gasteiger partial charge in [-0.1, -0.05) is 41.9 Å². The van der Waals surface area contributed by atoms with Crippen LogP contribution in [0.1, 0.15) is 11.6 Å². The first-order valence-electron chi connectivity index (χ1n) is 5.38. The molecule has 0 amide bonds. The van der Waals surface area contributed by atoms with E-state index in [2.05, 4.69) is 15.5 Å². The summed E-state index contributed by atoms with van der Waals surface area (Å²) >= 11 is 5.85. The van der Waals surface area contributed by atoms with Crippen LogP contribution < -0.4 is 10.9 Å². The highest BCUT2D eigenvalue weighted by molar-refractivity contribution is 6.32. The summed E-state index contributed by atoms with van der Waals surface area (Å²) < 4.78 is 0. The highest BCUT2D eigenvalue weighted by Crippen LogP contribution is 2.22. The number of nitrogens with one attached hydrogen (secondary N) is 2. The molecule has 0 saturated heterocycles. The van der Waals surface area contributed by atoms with Gasteiger partial charge in [-0.15, -0.1) is 0 Å². The fraction of sp³-hybridized carbons (Fsp3) is 0.167. The standard InChI is InChI=1S/C12H12ClN3O2/c13-11-9(6-14-16-12(11)18)15-10(7-17)8-4-2-1-3-5-8/h1-6,10,17H,7H2,(H2,15,16,18). The second-order valence-electron chi connectivity index (χ2n) is 3.72. The Morgan fingerprint density at radius 1 is 1.39 bits per heavy atom. The second-order valence-corrected chi connectivity index (χ2v) is 4.09. The Kier molecular flexibility index (Phi) is 3.96. The van der Waals surface area contributed by atoms with Gasteiger partial charge in [-0.3, -0.25) is 4.79 Å². The fourth-order valence-electron chi connectivity index (χ4n) is 1.59. The number of hydrogen-bond acceptors (Lipinski definition) is 4. The van der Waals surface area contributed by atoms with Crippen molar-refractivity contribution in [2.45, 2.75) is 6.04 Å². The van der Waals surface area contributed by atoms with Crippen molar-refractivity contribution in [1.29, 1.82) is 0 Å². The number of benzene rings is 1. The fourth-order valence-corrected chi connectivity index (χ4v) is 1.74. The molecule has 94 valence electrons. The van der Waals surface area contributed by atoms with E-state index in [-0.39, 0.29) is 17.7 Å². The molecule has 3 N–H and O–H groups in total. The van der Waals surface area contributed by atoms with Gasteiger partial charge in [-0.2, -0.15) is 5.10 Å². The van der Waals surface area contributed by atoms with Crippen molar-refractivity contribution < 1.29 is 5.11 Å². The molecule has 2 aromatic rings. The number of rotatable bonds is 4. The third-order valence-electron chi connectivity index (χ3n) is 2.51. The van der Waals surface area contributed by atoms with Crippen LogP contribution in [0, 0.1) is 0 Å². The van der Waals surface area contributed by atoms with E-state index in [1.54, 1.807) is 0 Å². The molecule has 1 unspecified atom stereocenters. The van der Waals surface area contributed by atoms with Crippen LogP contribution in [0.2, 0.25) is 5.02 Å². The van der Waals surface area contributed by atoms with Gasteiger partial charge in [0.2, 0.25) is 0 Å². The van der Waals surface area contributed by atoms with E-state index in [1.807, 2.05) is 30.3 Å². The number of aromatic amines is 1. The average molecular weight is 266 g/mol. The molecule has 1 aromatic heterocycles. The zero-order valence-electron chi connectivity index (χ0n) is 9.43. The first-order chi connectivity index (χ1) is 8.72. The van der Waals surface area contributed by atoms with E-state index >= 15 is 0 Å². The number of hydrogen-bond donors (Lipinski definition) is 3. The Morgan fingerprint density at radius 3 is 2.78 bits per heavy atom. The van der Waals surface area contributed by atoms with E-state index < -0.39 is 5.56 Å². The molecule has 6 heteroatoms. The lowest BCUT2D eigenvalue weighted by Crippen LogP contribution is -2.18. The molecule has 0 aliphatic heterocycles. The zero-order valence-corrected chi connectivity index (χ0v) is 10.2. The minimum Gasteiger partial charge on any atom is -0.394 e. The maximum Gasteiger partial charge on any atom is 0.285 e. The van der Waals surface area contributed by atoms with Crippen LogP contribution in [0.4, 0.5) is 5.69 Å². The summed E-state index contributed by atoms with van der Waals surface area (Å²) in [5.74, 6) is 0. The third-order valence-corrected chi connectivity index (χ3v) is 2.89. The number of nitrogens with zero attached hydrogens (tertiary/aromatic N) is 1. The van der Waals surface area contributed by atoms with Crippen LogP contribution in [0.15, 0.2) is 41.3 Å². The van der Waals surface area contributed by atoms with Crippen LogP contribution in [-0.2, 0) is 0 Å². The molecule has 0 saturated carbocycles. The molecule has 0 fully saturated rings. The van der Waals surface area contributed by atoms with Crippen LogP contribution in [-0.4, -0.2) is 21.9 Å². The summed E-state index contributed by atoms with van der Waals surface area (Å²) in [7, 11) is 0. The van der Waals surface area contributed by atoms with Gasteiger partial charge in [0, 0.05) is 0 Å². The normalized spacial score (nSPS) is 12.1. The van der Waals surface area contributed by atoms with Crippen LogP contribution in [0.5, 0.6) is 0 Å². The van der Waals surface area contributed by atoms with Gasteiger partial charge in [0.1, 0.15) is 5.02 Å². The van der Waals surface area contributed by atoms with E-state index in [0.717, 1.165) is 5.56 Å². The van der Waals surface area contributed by atoms with E-state index in [1.165, 1.54) is 6.20 Å². The monoisotopic (exact) mass is 265 g/mol. The summed E-state index contributed by atoms with van der Waals surface area (Å²) in [6, 6.07) is 9.05. The van der Waals surface area contributed by atoms with Gasteiger partial charge < -0.3 is 10.4 Å². The van der Waals surface area contributed by atoms with Crippen molar-refractivity contribution in [3.05, 3.63) is 57.5 Å². The summed E-state index contributed by atoms with van der Waals surface area (Å²) in [6.07, 6.45) is 1.41. The molecular formula is C12H12ClN3O2. The SMILES string of the molecule is O=c1[nH]ncc(NC(CO)c2ccccc2)c1Cl. The predicted octanol–water partition coefficient (Wildman–Crippen LogP) is 1.57. The summed E-state index contributed by atoms with van der Waals surface area (Å²) in [5, 5.41) is 18.3. The molecule has 1 aromatic carbocycles. The van der Waals surface area contributed by atoms with Crippen molar-refractivity contribution in [1.82, 2.24) is 10.2 Å². The summed E-state index contributed by atoms with van der Waals surface area (Å²) in [4.78, 5) is 11.3. The number of H-pyrrole nitrogens is 1. The number of anilines is 1. The van der Waals surface area contributed by atoms with Crippen molar-refractivity contribution in [3.8, 4) is 0 Å². The predicted molar refractivity (Wildman–Crippen MR) is 69.8 cm³/mol. The summed E-state index contributed by atoms with van der Waals surface area (Å²) in [5.41, 5.74) is 0.825. The molecule has 2 rings (SSSR count). The van der Waals surface area contributed by atoms with Crippen molar-refractivity contribution in [2.24, 2.45) is 0 Å². The molecule has 0 bridgehead atoms. The largest absolute Gasteiger partial charge is 0.394 e. The lowest BCUT2D eigenvalue weighted by molar-refractivity contribution is 0.276. The Morgan fingerprint density at radius 2 is 2.11 bits per heavy atom. The van der Waals surface area contributed by atoms with E-state index in [0.29, 0.717) is 5.69 Å². The van der Waals surface area contributed by atoms with Gasteiger partial charge in [-0.25, -0.2) is 5.10 Å². The van der Waals surface area contributed by atoms with E-state index in [9.17, 15) is 9.90 Å². The van der Waals surface area contributed by atoms with Crippen molar-refractivity contribution >= 4 is 17.3 Å². The Bertz CT molecular complexity index is 571. The number of aromatic nitrogens is 2. The zero-order chi connectivity index (χ0) is 13.0. The number of aliphatic hydroxyl groups is 1. The van der Waals surface area contributed by atoms with Gasteiger partial charge in [0.15, 0.2) is 0 Å². The second kappa shape index (κ2) is 5.66. The first-order valence-corrected chi connectivity index (χ1v) is 5.75. The topological polar surface area (TPSA) is 78.0 Å². The van der Waals surface area contributed by atoms with Gasteiger partial charge in [-0.05, 0) is 5.56 Å². The molecule has 1 atom stereocenters. The molecule has 1 heterocycles. The maximum absolute atomic E-state index is 11.3. The lowest BCUT2D eigenvalue weighted by Gasteiger charge is -2.18. The Hall–Kier alpha value is -1.85. The smallest absolute Gasteiger partial charge is 0.285 e. The van der Waals surface area contributed by atoms with Crippen molar-refractivity contribution in [3.63, 3.8) is 0 Å². The Labute approximate surface area is 108 Å². The molecular weight excluding hydrogens is 254 g/mol. The summed E-state index contributed by atoms with van der Waals surface area (Å²) in [6.45, 7) is -0.118. The third kappa shape index (κ3) is 2.69. The molecule has 18 heavy (non-hydrogen) atoms. The molecule has 0 spiro atoms. The molecule has 0 aliphatic rings. The minimum absolute atomic E-state index is 0.0272. The van der Waals surface area contributed by atoms with E-state index in [4.69, 9.17) is 11.6 Å². The Balaban J connectivity index is 2.26. The first kappa shape index (κ1) is 12.6. The number of aliphatic hydroxyl groups excluding tert-OH is 1. The number of halogens is 1. The van der Waals surface area contributed by atoms with Crippen LogP contribution >= 0.6 is 11.6 Å². The quantitative estimate of drug-likeness (QED) is 0.784. The molecule has 0 aliphatic carbocycles. The van der Waals surface area contributed by atoms with Crippen LogP contribution in [0.3, 0.4) is 0 Å². The van der Waals surface area contributed by atoms with Gasteiger partial charge >= 0.3 is 0 Å². The average Bonchev–Trinajstić information content (AvgIpc) is 2.41. The molecule has 0 radical (unpaired) electrons. The van der Waals surface area contributed by atoms with Gasteiger partial charge in [0.05, 0.1) is 24.5 Å².